The van der Waals surface area contributed by atoms with Gasteiger partial charge in [0.25, 0.3) is 0 Å². The molecule has 1 heterocycles. The molecule has 0 amide bonds. The Bertz CT molecular complexity index is 564. The monoisotopic (exact) mass is 264 g/mol. The molecule has 0 saturated carbocycles. The number of aliphatic hydroxyl groups excluding tert-OH is 1. The Balaban J connectivity index is 2.19. The Morgan fingerprint density at radius 3 is 3.06 bits per heavy atom. The Kier molecular flexibility index (Phi) is 3.78. The molecule has 5 N–H and O–H groups in total. The number of rotatable bonds is 4. The Labute approximate surface area is 110 Å². The zero-order chi connectivity index (χ0) is 13.1. The molecule has 0 aliphatic heterocycles. The number of H-pyrrole nitrogens is 1. The van der Waals surface area contributed by atoms with E-state index >= 15 is 0 Å². The van der Waals surface area contributed by atoms with Crippen molar-refractivity contribution in [2.45, 2.75) is 25.9 Å². The first kappa shape index (κ1) is 12.8. The number of hydrogen-bond acceptors (Lipinski definition) is 3. The molecule has 0 aliphatic rings. The minimum absolute atomic E-state index is 0.239. The van der Waals surface area contributed by atoms with E-state index in [0.717, 1.165) is 29.0 Å². The van der Waals surface area contributed by atoms with Crippen molar-refractivity contribution < 1.29 is 5.11 Å². The molecule has 0 spiro atoms. The van der Waals surface area contributed by atoms with Crippen LogP contribution in [0.15, 0.2) is 18.2 Å². The molecule has 1 unspecified atom stereocenters. The van der Waals surface area contributed by atoms with E-state index in [1.54, 1.807) is 6.92 Å². The highest BCUT2D eigenvalue weighted by atomic mass is 32.1. The maximum Gasteiger partial charge on any atom is 0.168 e. The second-order valence-electron chi connectivity index (χ2n) is 4.29. The number of fused-ring (bicyclic) bond motifs is 1. The largest absolute Gasteiger partial charge is 0.393 e. The average Bonchev–Trinajstić information content (AvgIpc) is 2.67. The van der Waals surface area contributed by atoms with Crippen LogP contribution in [0.25, 0.3) is 11.0 Å². The van der Waals surface area contributed by atoms with Crippen molar-refractivity contribution in [3.8, 4) is 0 Å². The van der Waals surface area contributed by atoms with Gasteiger partial charge < -0.3 is 21.1 Å². The average molecular weight is 264 g/mol. The molecule has 0 fully saturated rings. The van der Waals surface area contributed by atoms with Gasteiger partial charge in [-0.3, -0.25) is 0 Å². The quantitative estimate of drug-likeness (QED) is 0.629. The lowest BCUT2D eigenvalue weighted by atomic mass is 10.2. The zero-order valence-corrected chi connectivity index (χ0v) is 10.9. The summed E-state index contributed by atoms with van der Waals surface area (Å²) in [5, 5.41) is 12.4. The van der Waals surface area contributed by atoms with Gasteiger partial charge in [0.15, 0.2) is 5.11 Å². The van der Waals surface area contributed by atoms with Crippen molar-refractivity contribution >= 4 is 34.1 Å². The van der Waals surface area contributed by atoms with Crippen LogP contribution in [0.5, 0.6) is 0 Å². The Hall–Kier alpha value is -1.66. The summed E-state index contributed by atoms with van der Waals surface area (Å²) < 4.78 is 0. The van der Waals surface area contributed by atoms with Crippen molar-refractivity contribution in [1.29, 1.82) is 0 Å². The summed E-state index contributed by atoms with van der Waals surface area (Å²) in [6, 6.07) is 5.69. The molecule has 0 aliphatic carbocycles. The van der Waals surface area contributed by atoms with Crippen molar-refractivity contribution in [2.75, 3.05) is 5.32 Å². The van der Waals surface area contributed by atoms with Crippen LogP contribution >= 0.6 is 12.2 Å². The van der Waals surface area contributed by atoms with Crippen molar-refractivity contribution in [3.05, 3.63) is 24.0 Å². The third-order valence-electron chi connectivity index (χ3n) is 2.60. The third-order valence-corrected chi connectivity index (χ3v) is 2.70. The second kappa shape index (κ2) is 5.32. The number of hydrogen-bond donors (Lipinski definition) is 4. The van der Waals surface area contributed by atoms with E-state index in [9.17, 15) is 5.11 Å². The van der Waals surface area contributed by atoms with Crippen molar-refractivity contribution in [3.63, 3.8) is 0 Å². The number of aliphatic hydroxyl groups is 1. The SMILES string of the molecule is CC(O)CCc1nc2ccc(NC(N)=S)cc2[nH]1. The first-order valence-corrected chi connectivity index (χ1v) is 6.18. The first-order chi connectivity index (χ1) is 8.54. The van der Waals surface area contributed by atoms with Crippen LogP contribution in [-0.2, 0) is 6.42 Å². The van der Waals surface area contributed by atoms with Gasteiger partial charge in [-0.1, -0.05) is 0 Å². The van der Waals surface area contributed by atoms with Crippen LogP contribution in [0, 0.1) is 0 Å². The first-order valence-electron chi connectivity index (χ1n) is 5.78. The molecule has 0 saturated heterocycles. The van der Waals surface area contributed by atoms with Crippen molar-refractivity contribution in [1.82, 2.24) is 9.97 Å². The van der Waals surface area contributed by atoms with Gasteiger partial charge in [0.2, 0.25) is 0 Å². The summed E-state index contributed by atoms with van der Waals surface area (Å²) >= 11 is 4.79. The molecule has 0 bridgehead atoms. The third kappa shape index (κ3) is 3.18. The highest BCUT2D eigenvalue weighted by Gasteiger charge is 2.05. The van der Waals surface area contributed by atoms with E-state index in [4.69, 9.17) is 18.0 Å². The number of nitrogens with two attached hydrogens (primary N) is 1. The number of benzene rings is 1. The minimum atomic E-state index is -0.315. The number of aromatic nitrogens is 2. The van der Waals surface area contributed by atoms with Crippen LogP contribution in [0.1, 0.15) is 19.2 Å². The molecule has 0 radical (unpaired) electrons. The van der Waals surface area contributed by atoms with Crippen molar-refractivity contribution in [2.24, 2.45) is 5.73 Å². The fourth-order valence-electron chi connectivity index (χ4n) is 1.75. The van der Waals surface area contributed by atoms with E-state index < -0.39 is 0 Å². The molecule has 2 aromatic rings. The second-order valence-corrected chi connectivity index (χ2v) is 4.73. The molecule has 6 heteroatoms. The van der Waals surface area contributed by atoms with Gasteiger partial charge in [-0.05, 0) is 43.8 Å². The van der Waals surface area contributed by atoms with E-state index in [-0.39, 0.29) is 11.2 Å². The van der Waals surface area contributed by atoms with Crippen LogP contribution in [0.3, 0.4) is 0 Å². The van der Waals surface area contributed by atoms with E-state index in [2.05, 4.69) is 15.3 Å². The van der Waals surface area contributed by atoms with Gasteiger partial charge in [0, 0.05) is 12.1 Å². The lowest BCUT2D eigenvalue weighted by Crippen LogP contribution is -2.18. The van der Waals surface area contributed by atoms with Gasteiger partial charge in [-0.2, -0.15) is 0 Å². The topological polar surface area (TPSA) is 87.0 Å². The maximum atomic E-state index is 9.25. The number of anilines is 1. The van der Waals surface area contributed by atoms with Gasteiger partial charge in [-0.25, -0.2) is 4.98 Å². The molecule has 5 nitrogen and oxygen atoms in total. The number of aromatic amines is 1. The molecular weight excluding hydrogens is 248 g/mol. The van der Waals surface area contributed by atoms with E-state index in [1.165, 1.54) is 0 Å². The van der Waals surface area contributed by atoms with E-state index in [0.29, 0.717) is 6.42 Å². The Morgan fingerprint density at radius 1 is 1.61 bits per heavy atom. The molecule has 96 valence electrons. The molecule has 2 rings (SSSR count). The molecule has 18 heavy (non-hydrogen) atoms. The predicted molar refractivity (Wildman–Crippen MR) is 76.5 cm³/mol. The molecular formula is C12H16N4OS. The number of thiocarbonyl (C=S) groups is 1. The molecule has 1 aromatic heterocycles. The van der Waals surface area contributed by atoms with Gasteiger partial charge in [0.05, 0.1) is 17.1 Å². The standard InChI is InChI=1S/C12H16N4OS/c1-7(17)2-5-11-15-9-4-3-8(14-12(13)18)6-10(9)16-11/h3-4,6-7,17H,2,5H2,1H3,(H,15,16)(H3,13,14,18). The van der Waals surface area contributed by atoms with Gasteiger partial charge in [-0.15, -0.1) is 0 Å². The van der Waals surface area contributed by atoms with Crippen LogP contribution in [0.2, 0.25) is 0 Å². The lowest BCUT2D eigenvalue weighted by molar-refractivity contribution is 0.184. The minimum Gasteiger partial charge on any atom is -0.393 e. The highest BCUT2D eigenvalue weighted by Crippen LogP contribution is 2.17. The fraction of sp³-hybridized carbons (Fsp3) is 0.333. The van der Waals surface area contributed by atoms with Gasteiger partial charge >= 0.3 is 0 Å². The van der Waals surface area contributed by atoms with Crippen LogP contribution in [0.4, 0.5) is 5.69 Å². The summed E-state index contributed by atoms with van der Waals surface area (Å²) in [5.74, 6) is 0.873. The summed E-state index contributed by atoms with van der Waals surface area (Å²) in [6.07, 6.45) is 1.10. The lowest BCUT2D eigenvalue weighted by Gasteiger charge is -2.02. The normalized spacial score (nSPS) is 12.6. The highest BCUT2D eigenvalue weighted by molar-refractivity contribution is 7.80. The summed E-state index contributed by atoms with van der Waals surface area (Å²) in [5.41, 5.74) is 8.08. The molecule has 1 aromatic carbocycles. The van der Waals surface area contributed by atoms with E-state index in [1.807, 2.05) is 18.2 Å². The van der Waals surface area contributed by atoms with Crippen LogP contribution < -0.4 is 11.1 Å². The summed E-state index contributed by atoms with van der Waals surface area (Å²) in [4.78, 5) is 7.66. The number of imidazole rings is 1. The molecule has 1 atom stereocenters. The maximum absolute atomic E-state index is 9.25. The Morgan fingerprint density at radius 2 is 2.39 bits per heavy atom. The number of nitrogens with one attached hydrogen (secondary N) is 2. The fourth-order valence-corrected chi connectivity index (χ4v) is 1.86. The summed E-state index contributed by atoms with van der Waals surface area (Å²) in [6.45, 7) is 1.77. The zero-order valence-electron chi connectivity index (χ0n) is 10.1. The number of nitrogens with zero attached hydrogens (tertiary/aromatic N) is 1. The smallest absolute Gasteiger partial charge is 0.168 e. The van der Waals surface area contributed by atoms with Crippen LogP contribution in [-0.4, -0.2) is 26.3 Å². The summed E-state index contributed by atoms with van der Waals surface area (Å²) in [7, 11) is 0. The number of aryl methyl sites for hydroxylation is 1. The predicted octanol–water partition coefficient (Wildman–Crippen LogP) is 1.53. The van der Waals surface area contributed by atoms with Gasteiger partial charge in [0.1, 0.15) is 5.82 Å².